The second kappa shape index (κ2) is 16.2. The molecule has 3 aromatic carbocycles. The number of amides is 2. The van der Waals surface area contributed by atoms with E-state index in [2.05, 4.69) is 27.8 Å². The van der Waals surface area contributed by atoms with E-state index >= 15 is 0 Å². The van der Waals surface area contributed by atoms with E-state index in [1.807, 2.05) is 42.5 Å². The molecule has 1 unspecified atom stereocenters. The maximum absolute atomic E-state index is 12.9. The highest BCUT2D eigenvalue weighted by Gasteiger charge is 2.11. The number of nitrogens with two attached hydrogens (primary N) is 2. The van der Waals surface area contributed by atoms with Gasteiger partial charge in [-0.25, -0.2) is 9.37 Å². The molecule has 0 saturated heterocycles. The lowest BCUT2D eigenvalue weighted by Gasteiger charge is -2.07. The lowest BCUT2D eigenvalue weighted by Crippen LogP contribution is -2.18. The average Bonchev–Trinajstić information content (AvgIpc) is 3.45. The van der Waals surface area contributed by atoms with Crippen LogP contribution in [0.3, 0.4) is 0 Å². The number of H-pyrrole nitrogens is 1. The van der Waals surface area contributed by atoms with E-state index in [-0.39, 0.29) is 24.1 Å². The summed E-state index contributed by atoms with van der Waals surface area (Å²) in [7, 11) is 0. The summed E-state index contributed by atoms with van der Waals surface area (Å²) in [6, 6.07) is 24.0. The maximum atomic E-state index is 12.9. The van der Waals surface area contributed by atoms with Gasteiger partial charge < -0.3 is 25.9 Å². The molecule has 4 aromatic rings. The van der Waals surface area contributed by atoms with Crippen LogP contribution in [0.1, 0.15) is 29.7 Å². The number of aromatic nitrogens is 2. The monoisotopic (exact) mass is 506 g/mol. The van der Waals surface area contributed by atoms with Gasteiger partial charge in [-0.2, -0.15) is 0 Å². The van der Waals surface area contributed by atoms with Crippen molar-refractivity contribution in [1.82, 2.24) is 9.97 Å². The Morgan fingerprint density at radius 3 is 2.14 bits per heavy atom. The quantitative estimate of drug-likeness (QED) is 0.227. The van der Waals surface area contributed by atoms with Crippen molar-refractivity contribution in [2.75, 3.05) is 6.61 Å². The smallest absolute Gasteiger partial charge is 0.226 e. The number of hydrogen-bond acceptors (Lipinski definition) is 5. The van der Waals surface area contributed by atoms with Gasteiger partial charge in [0.15, 0.2) is 0 Å². The zero-order valence-corrected chi connectivity index (χ0v) is 20.5. The molecule has 37 heavy (non-hydrogen) atoms. The van der Waals surface area contributed by atoms with Crippen LogP contribution in [0.2, 0.25) is 0 Å². The number of ether oxygens (including phenoxy) is 2. The molecule has 0 aliphatic rings. The lowest BCUT2D eigenvalue weighted by molar-refractivity contribution is -0.119. The van der Waals surface area contributed by atoms with Gasteiger partial charge in [0, 0.05) is 11.9 Å². The number of hydrogen-bond donors (Lipinski definition) is 3. The van der Waals surface area contributed by atoms with Crippen LogP contribution in [0.5, 0.6) is 11.5 Å². The Morgan fingerprint density at radius 1 is 1.00 bits per heavy atom. The lowest BCUT2D eigenvalue weighted by atomic mass is 10.1. The van der Waals surface area contributed by atoms with E-state index in [9.17, 15) is 9.18 Å². The van der Waals surface area contributed by atoms with Crippen molar-refractivity contribution < 1.29 is 23.5 Å². The fourth-order valence-electron chi connectivity index (χ4n) is 2.97. The Balaban J connectivity index is 0.000000308. The molecule has 0 aliphatic heterocycles. The summed E-state index contributed by atoms with van der Waals surface area (Å²) >= 11 is 0. The molecule has 0 aliphatic carbocycles. The number of aromatic amines is 1. The summed E-state index contributed by atoms with van der Waals surface area (Å²) in [6.07, 6.45) is 4.22. The van der Waals surface area contributed by atoms with Crippen LogP contribution < -0.4 is 16.2 Å². The summed E-state index contributed by atoms with van der Waals surface area (Å²) in [5.41, 5.74) is 12.3. The molecule has 0 fully saturated rings. The molecule has 1 heterocycles. The second-order valence-corrected chi connectivity index (χ2v) is 7.76. The van der Waals surface area contributed by atoms with Crippen LogP contribution in [-0.4, -0.2) is 28.9 Å². The number of imidazole rings is 1. The second-order valence-electron chi connectivity index (χ2n) is 7.76. The first-order chi connectivity index (χ1) is 17.9. The Bertz CT molecular complexity index is 1170. The molecule has 1 atom stereocenters. The minimum atomic E-state index is -0.343. The van der Waals surface area contributed by atoms with Gasteiger partial charge in [-0.05, 0) is 60.9 Å². The molecule has 2 amide bonds. The largest absolute Gasteiger partial charge is 0.457 e. The van der Waals surface area contributed by atoms with Crippen molar-refractivity contribution in [2.24, 2.45) is 11.5 Å². The first-order valence-electron chi connectivity index (χ1n) is 11.5. The van der Waals surface area contributed by atoms with E-state index in [1.165, 1.54) is 29.6 Å². The topological polar surface area (TPSA) is 133 Å². The SMILES string of the molecule is CC(C(N)=O)c1cnc[nH]1.Fc1ccc(Oc2ccc(CCOCc3ccccc3)cc2)cc1.NC=O. The van der Waals surface area contributed by atoms with Gasteiger partial charge in [0.25, 0.3) is 0 Å². The number of halogens is 1. The third-order valence-corrected chi connectivity index (χ3v) is 5.03. The molecule has 194 valence electrons. The van der Waals surface area contributed by atoms with Crippen molar-refractivity contribution >= 4 is 12.3 Å². The van der Waals surface area contributed by atoms with Gasteiger partial charge in [-0.15, -0.1) is 0 Å². The summed E-state index contributed by atoms with van der Waals surface area (Å²) in [5.74, 6) is 0.464. The van der Waals surface area contributed by atoms with Gasteiger partial charge in [-0.1, -0.05) is 42.5 Å². The zero-order valence-electron chi connectivity index (χ0n) is 20.5. The van der Waals surface area contributed by atoms with Gasteiger partial charge >= 0.3 is 0 Å². The molecular formula is C28H31FN4O4. The normalized spacial score (nSPS) is 10.6. The Hall–Kier alpha value is -4.50. The first kappa shape index (κ1) is 28.7. The molecule has 0 radical (unpaired) electrons. The predicted octanol–water partition coefficient (Wildman–Crippen LogP) is 4.48. The van der Waals surface area contributed by atoms with Gasteiger partial charge in [0.2, 0.25) is 12.3 Å². The standard InChI is InChI=1S/C21H19FO2.C6H9N3O.CH3NO/c22-19-8-12-21(13-9-19)24-20-10-6-17(7-11-20)14-15-23-16-18-4-2-1-3-5-18;1-4(6(7)10)5-2-8-3-9-5;2-1-3/h1-13H,14-16H2;2-4H,1H3,(H2,7,10)(H,8,9);1H,(H2,2,3). The molecule has 9 heteroatoms. The highest BCUT2D eigenvalue weighted by atomic mass is 19.1. The summed E-state index contributed by atoms with van der Waals surface area (Å²) < 4.78 is 24.2. The summed E-state index contributed by atoms with van der Waals surface area (Å²) in [4.78, 5) is 25.7. The van der Waals surface area contributed by atoms with Crippen molar-refractivity contribution in [3.8, 4) is 11.5 Å². The van der Waals surface area contributed by atoms with Crippen molar-refractivity contribution in [3.63, 3.8) is 0 Å². The van der Waals surface area contributed by atoms with Gasteiger partial charge in [0.1, 0.15) is 17.3 Å². The molecule has 8 nitrogen and oxygen atoms in total. The molecule has 0 saturated carbocycles. The fraction of sp³-hybridized carbons (Fsp3) is 0.179. The van der Waals surface area contributed by atoms with Gasteiger partial charge in [-0.3, -0.25) is 9.59 Å². The number of carbonyl (C=O) groups is 2. The molecule has 0 bridgehead atoms. The van der Waals surface area contributed by atoms with Crippen molar-refractivity contribution in [3.05, 3.63) is 114 Å². The predicted molar refractivity (Wildman–Crippen MR) is 139 cm³/mol. The molecular weight excluding hydrogens is 475 g/mol. The fourth-order valence-corrected chi connectivity index (χ4v) is 2.97. The highest BCUT2D eigenvalue weighted by molar-refractivity contribution is 5.80. The molecule has 5 N–H and O–H groups in total. The Morgan fingerprint density at radius 2 is 1.59 bits per heavy atom. The Labute approximate surface area is 215 Å². The Kier molecular flexibility index (Phi) is 12.6. The van der Waals surface area contributed by atoms with Gasteiger partial charge in [0.05, 0.1) is 25.5 Å². The van der Waals surface area contributed by atoms with Crippen LogP contribution >= 0.6 is 0 Å². The zero-order chi connectivity index (χ0) is 26.9. The minimum absolute atomic E-state index is 0.250. The highest BCUT2D eigenvalue weighted by Crippen LogP contribution is 2.22. The van der Waals surface area contributed by atoms with Crippen LogP contribution in [0.4, 0.5) is 4.39 Å². The molecule has 4 rings (SSSR count). The molecule has 1 aromatic heterocycles. The number of carbonyl (C=O) groups excluding carboxylic acids is 2. The van der Waals surface area contributed by atoms with E-state index < -0.39 is 0 Å². The van der Waals surface area contributed by atoms with E-state index in [1.54, 1.807) is 25.3 Å². The van der Waals surface area contributed by atoms with E-state index in [4.69, 9.17) is 20.0 Å². The van der Waals surface area contributed by atoms with Crippen LogP contribution in [0.25, 0.3) is 0 Å². The number of rotatable bonds is 9. The minimum Gasteiger partial charge on any atom is -0.457 e. The maximum Gasteiger partial charge on any atom is 0.226 e. The number of nitrogens with one attached hydrogen (secondary N) is 1. The van der Waals surface area contributed by atoms with Crippen LogP contribution in [0, 0.1) is 5.82 Å². The van der Waals surface area contributed by atoms with Crippen molar-refractivity contribution in [1.29, 1.82) is 0 Å². The third kappa shape index (κ3) is 11.2. The third-order valence-electron chi connectivity index (χ3n) is 5.03. The van der Waals surface area contributed by atoms with Crippen LogP contribution in [0.15, 0.2) is 91.4 Å². The summed E-state index contributed by atoms with van der Waals surface area (Å²) in [6.45, 7) is 3.04. The van der Waals surface area contributed by atoms with E-state index in [0.29, 0.717) is 19.0 Å². The van der Waals surface area contributed by atoms with Crippen LogP contribution in [-0.2, 0) is 27.4 Å². The molecule has 0 spiro atoms. The van der Waals surface area contributed by atoms with Crippen molar-refractivity contribution in [2.45, 2.75) is 25.9 Å². The van der Waals surface area contributed by atoms with E-state index in [0.717, 1.165) is 17.9 Å². The number of nitrogens with zero attached hydrogens (tertiary/aromatic N) is 1. The summed E-state index contributed by atoms with van der Waals surface area (Å²) in [5, 5.41) is 0. The average molecular weight is 507 g/mol. The first-order valence-corrected chi connectivity index (χ1v) is 11.5. The number of primary amides is 2. The number of benzene rings is 3.